The molecule has 1 N–H and O–H groups in total. The van der Waals surface area contributed by atoms with Crippen molar-refractivity contribution in [2.24, 2.45) is 0 Å². The number of rotatable bonds is 6. The van der Waals surface area contributed by atoms with E-state index in [1.807, 2.05) is 30.3 Å². The van der Waals surface area contributed by atoms with Crippen LogP contribution < -0.4 is 10.1 Å². The number of nitrogens with one attached hydrogen (secondary N) is 1. The molecular weight excluding hydrogens is 289 g/mol. The third-order valence-corrected chi connectivity index (χ3v) is 3.82. The highest BCUT2D eigenvalue weighted by atomic mass is 35.5. The maximum atomic E-state index is 14.0. The Hall–Kier alpha value is -1.58. The molecule has 2 aromatic carbocycles. The fourth-order valence-electron chi connectivity index (χ4n) is 2.18. The van der Waals surface area contributed by atoms with Gasteiger partial charge in [0, 0.05) is 12.6 Å². The average molecular weight is 306 g/mol. The highest BCUT2D eigenvalue weighted by molar-refractivity contribution is 6.30. The number of ether oxygens (including phenoxy) is 1. The molecule has 0 aromatic heterocycles. The van der Waals surface area contributed by atoms with Crippen molar-refractivity contribution in [3.63, 3.8) is 0 Å². The number of halogens is 2. The van der Waals surface area contributed by atoms with Gasteiger partial charge >= 0.3 is 0 Å². The molecule has 0 aliphatic heterocycles. The summed E-state index contributed by atoms with van der Waals surface area (Å²) in [6.07, 6.45) is 2.17. The lowest BCUT2D eigenvalue weighted by molar-refractivity contribution is 0.192. The van der Waals surface area contributed by atoms with Crippen molar-refractivity contribution >= 4 is 11.6 Å². The molecule has 0 heterocycles. The van der Waals surface area contributed by atoms with Crippen LogP contribution in [0.4, 0.5) is 4.39 Å². The van der Waals surface area contributed by atoms with Crippen molar-refractivity contribution < 1.29 is 9.13 Å². The van der Waals surface area contributed by atoms with Gasteiger partial charge < -0.3 is 10.1 Å². The minimum Gasteiger partial charge on any atom is -0.481 e. The monoisotopic (exact) mass is 305 g/mol. The smallest absolute Gasteiger partial charge is 0.183 e. The lowest BCUT2D eigenvalue weighted by atomic mass is 10.1. The van der Waals surface area contributed by atoms with Crippen molar-refractivity contribution in [1.29, 1.82) is 0 Å². The van der Waals surface area contributed by atoms with E-state index in [0.29, 0.717) is 12.6 Å². The molecule has 0 amide bonds. The van der Waals surface area contributed by atoms with Gasteiger partial charge in [0.1, 0.15) is 6.10 Å². The Morgan fingerprint density at radius 2 is 1.90 bits per heavy atom. The highest BCUT2D eigenvalue weighted by Crippen LogP contribution is 2.29. The third-order valence-electron chi connectivity index (χ3n) is 3.53. The normalized spacial score (nSPS) is 15.7. The molecule has 1 fully saturated rings. The molecule has 1 saturated carbocycles. The molecule has 110 valence electrons. The molecule has 1 unspecified atom stereocenters. The van der Waals surface area contributed by atoms with E-state index in [4.69, 9.17) is 16.3 Å². The van der Waals surface area contributed by atoms with Crippen LogP contribution >= 0.6 is 11.6 Å². The maximum Gasteiger partial charge on any atom is 0.183 e. The second-order valence-corrected chi connectivity index (χ2v) is 5.66. The Kier molecular flexibility index (Phi) is 4.42. The van der Waals surface area contributed by atoms with Crippen molar-refractivity contribution in [3.8, 4) is 5.75 Å². The zero-order chi connectivity index (χ0) is 14.7. The molecule has 1 atom stereocenters. The summed E-state index contributed by atoms with van der Waals surface area (Å²) in [5, 5.41) is 3.51. The summed E-state index contributed by atoms with van der Waals surface area (Å²) < 4.78 is 19.9. The molecule has 2 nitrogen and oxygen atoms in total. The first-order chi connectivity index (χ1) is 10.2. The van der Waals surface area contributed by atoms with Gasteiger partial charge in [0.2, 0.25) is 0 Å². The standard InChI is InChI=1S/C17H17ClFNO/c18-14-7-4-8-15(17(14)19)21-16(11-20-13-9-10-13)12-5-2-1-3-6-12/h1-8,13,16,20H,9-11H2. The van der Waals surface area contributed by atoms with Gasteiger partial charge in [-0.15, -0.1) is 0 Å². The van der Waals surface area contributed by atoms with Crippen LogP contribution in [0, 0.1) is 5.82 Å². The van der Waals surface area contributed by atoms with Crippen LogP contribution in [0.5, 0.6) is 5.75 Å². The topological polar surface area (TPSA) is 21.3 Å². The molecule has 3 rings (SSSR count). The fraction of sp³-hybridized carbons (Fsp3) is 0.294. The maximum absolute atomic E-state index is 14.0. The number of hydrogen-bond acceptors (Lipinski definition) is 2. The van der Waals surface area contributed by atoms with Gasteiger partial charge in [-0.1, -0.05) is 48.0 Å². The Labute approximate surface area is 128 Å². The molecule has 0 bridgehead atoms. The summed E-state index contributed by atoms with van der Waals surface area (Å²) in [4.78, 5) is 0. The van der Waals surface area contributed by atoms with E-state index in [1.165, 1.54) is 18.9 Å². The lowest BCUT2D eigenvalue weighted by Gasteiger charge is -2.20. The molecule has 1 aliphatic carbocycles. The van der Waals surface area contributed by atoms with Crippen molar-refractivity contribution in [1.82, 2.24) is 5.32 Å². The van der Waals surface area contributed by atoms with Gasteiger partial charge in [-0.3, -0.25) is 0 Å². The van der Waals surface area contributed by atoms with Crippen molar-refractivity contribution in [2.45, 2.75) is 25.0 Å². The predicted octanol–water partition coefficient (Wildman–Crippen LogP) is 4.35. The van der Waals surface area contributed by atoms with E-state index in [-0.39, 0.29) is 16.9 Å². The van der Waals surface area contributed by atoms with Crippen LogP contribution in [0.15, 0.2) is 48.5 Å². The SMILES string of the molecule is Fc1c(Cl)cccc1OC(CNC1CC1)c1ccccc1. The minimum absolute atomic E-state index is 0.0782. The van der Waals surface area contributed by atoms with E-state index >= 15 is 0 Å². The lowest BCUT2D eigenvalue weighted by Crippen LogP contribution is -2.27. The molecule has 1 aliphatic rings. The summed E-state index contributed by atoms with van der Waals surface area (Å²) >= 11 is 5.81. The fourth-order valence-corrected chi connectivity index (χ4v) is 2.35. The van der Waals surface area contributed by atoms with Crippen molar-refractivity contribution in [3.05, 3.63) is 64.9 Å². The van der Waals surface area contributed by atoms with E-state index in [0.717, 1.165) is 5.56 Å². The molecule has 0 saturated heterocycles. The number of hydrogen-bond donors (Lipinski definition) is 1. The molecule has 21 heavy (non-hydrogen) atoms. The van der Waals surface area contributed by atoms with Gasteiger partial charge in [-0.2, -0.15) is 0 Å². The van der Waals surface area contributed by atoms with Crippen molar-refractivity contribution in [2.75, 3.05) is 6.54 Å². The first-order valence-electron chi connectivity index (χ1n) is 7.13. The predicted molar refractivity (Wildman–Crippen MR) is 82.2 cm³/mol. The molecule has 0 radical (unpaired) electrons. The average Bonchev–Trinajstić information content (AvgIpc) is 3.33. The summed E-state index contributed by atoms with van der Waals surface area (Å²) in [6, 6.07) is 15.2. The summed E-state index contributed by atoms with van der Waals surface area (Å²) in [5.41, 5.74) is 1.02. The second-order valence-electron chi connectivity index (χ2n) is 5.25. The van der Waals surface area contributed by atoms with Gasteiger partial charge in [-0.25, -0.2) is 4.39 Å². The molecular formula is C17H17ClFNO. The summed E-state index contributed by atoms with van der Waals surface area (Å²) in [5.74, 6) is -0.319. The van der Waals surface area contributed by atoms with Gasteiger partial charge in [0.25, 0.3) is 0 Å². The van der Waals surface area contributed by atoms with Crippen LogP contribution in [0.25, 0.3) is 0 Å². The number of benzene rings is 2. The first kappa shape index (κ1) is 14.4. The summed E-state index contributed by atoms with van der Waals surface area (Å²) in [6.45, 7) is 0.653. The first-order valence-corrected chi connectivity index (χ1v) is 7.51. The largest absolute Gasteiger partial charge is 0.481 e. The third kappa shape index (κ3) is 3.74. The van der Waals surface area contributed by atoms with E-state index in [9.17, 15) is 4.39 Å². The van der Waals surface area contributed by atoms with E-state index < -0.39 is 5.82 Å². The Bertz CT molecular complexity index is 601. The van der Waals surface area contributed by atoms with E-state index in [1.54, 1.807) is 12.1 Å². The highest BCUT2D eigenvalue weighted by Gasteiger charge is 2.24. The van der Waals surface area contributed by atoms with Crippen LogP contribution in [-0.4, -0.2) is 12.6 Å². The van der Waals surface area contributed by atoms with Crippen LogP contribution in [-0.2, 0) is 0 Å². The van der Waals surface area contributed by atoms with Gasteiger partial charge in [0.15, 0.2) is 11.6 Å². The quantitative estimate of drug-likeness (QED) is 0.856. The Morgan fingerprint density at radius 3 is 2.62 bits per heavy atom. The zero-order valence-corrected chi connectivity index (χ0v) is 12.3. The van der Waals surface area contributed by atoms with E-state index in [2.05, 4.69) is 5.32 Å². The zero-order valence-electron chi connectivity index (χ0n) is 11.6. The molecule has 0 spiro atoms. The summed E-state index contributed by atoms with van der Waals surface area (Å²) in [7, 11) is 0. The van der Waals surface area contributed by atoms with Gasteiger partial charge in [0.05, 0.1) is 5.02 Å². The Balaban J connectivity index is 1.79. The van der Waals surface area contributed by atoms with Crippen LogP contribution in [0.3, 0.4) is 0 Å². The Morgan fingerprint density at radius 1 is 1.14 bits per heavy atom. The van der Waals surface area contributed by atoms with Crippen LogP contribution in [0.2, 0.25) is 5.02 Å². The molecule has 4 heteroatoms. The van der Waals surface area contributed by atoms with Crippen LogP contribution in [0.1, 0.15) is 24.5 Å². The minimum atomic E-state index is -0.508. The molecule has 2 aromatic rings. The van der Waals surface area contributed by atoms with Gasteiger partial charge in [-0.05, 0) is 30.5 Å². The second kappa shape index (κ2) is 6.46.